The molecule has 5 heteroatoms. The van der Waals surface area contributed by atoms with E-state index in [1.54, 1.807) is 15.6 Å². The molecule has 0 nitrogen and oxygen atoms in total. The van der Waals surface area contributed by atoms with E-state index in [0.717, 1.165) is 38.5 Å². The Labute approximate surface area is 281 Å². The van der Waals surface area contributed by atoms with Crippen LogP contribution in [0.1, 0.15) is 81.8 Å². The summed E-state index contributed by atoms with van der Waals surface area (Å²) in [7, 11) is -2.62. The summed E-state index contributed by atoms with van der Waals surface area (Å²) >= 11 is 2.55. The van der Waals surface area contributed by atoms with Crippen molar-refractivity contribution in [2.45, 2.75) is 90.3 Å². The molecular formula is C36H45Cl3SiTi. The monoisotopic (exact) mass is 658 g/mol. The Hall–Kier alpha value is -1.06. The third-order valence-electron chi connectivity index (χ3n) is 8.81. The molecule has 3 aromatic carbocycles. The summed E-state index contributed by atoms with van der Waals surface area (Å²) in [5.41, 5.74) is 10.3. The van der Waals surface area contributed by atoms with Crippen LogP contribution in [0.25, 0.3) is 0 Å². The smallest absolute Gasteiger partial charge is 1.00 e. The second kappa shape index (κ2) is 16.1. The van der Waals surface area contributed by atoms with Crippen LogP contribution in [0.4, 0.5) is 0 Å². The average molecular weight is 660 g/mol. The molecule has 0 N–H and O–H groups in total. The van der Waals surface area contributed by atoms with Crippen LogP contribution in [0.15, 0.2) is 78.4 Å². The Balaban J connectivity index is 0.00000280. The summed E-state index contributed by atoms with van der Waals surface area (Å²) in [5, 5.41) is 4.71. The average Bonchev–Trinajstić information content (AvgIpc) is 3.30. The largest absolute Gasteiger partial charge is 1.00 e. The molecule has 0 heterocycles. The summed E-state index contributed by atoms with van der Waals surface area (Å²) in [6.07, 6.45) is 13.7. The summed E-state index contributed by atoms with van der Waals surface area (Å²) in [4.78, 5) is 0. The van der Waals surface area contributed by atoms with Crippen molar-refractivity contribution in [2.75, 3.05) is 0 Å². The Morgan fingerprint density at radius 1 is 0.512 bits per heavy atom. The predicted octanol–water partition coefficient (Wildman–Crippen LogP) is -1.70. The summed E-state index contributed by atoms with van der Waals surface area (Å²) in [6, 6.07) is 22.9. The zero-order valence-electron chi connectivity index (χ0n) is 25.8. The molecule has 4 rings (SSSR count). The number of hydrogen-bond donors (Lipinski definition) is 0. The Bertz CT molecular complexity index is 1180. The van der Waals surface area contributed by atoms with Crippen LogP contribution in [0.3, 0.4) is 0 Å². The molecule has 1 aliphatic carbocycles. The first-order chi connectivity index (χ1) is 18.3. The van der Waals surface area contributed by atoms with E-state index in [1.165, 1.54) is 39.0 Å². The minimum Gasteiger partial charge on any atom is -1.00 e. The molecule has 0 spiro atoms. The van der Waals surface area contributed by atoms with Gasteiger partial charge in [0, 0.05) is 0 Å². The van der Waals surface area contributed by atoms with E-state index in [9.17, 15) is 0 Å². The first-order valence-corrected chi connectivity index (χ1v) is 17.6. The maximum Gasteiger partial charge on any atom is -1.00 e. The predicted molar refractivity (Wildman–Crippen MR) is 166 cm³/mol. The van der Waals surface area contributed by atoms with Crippen LogP contribution in [-0.4, -0.2) is 8.07 Å². The summed E-state index contributed by atoms with van der Waals surface area (Å²) < 4.78 is -0.0564. The second-order valence-electron chi connectivity index (χ2n) is 11.0. The summed E-state index contributed by atoms with van der Waals surface area (Å²) in [5.74, 6) is 0. The van der Waals surface area contributed by atoms with E-state index >= 15 is 0 Å². The molecule has 1 aliphatic rings. The van der Waals surface area contributed by atoms with E-state index in [-0.39, 0.29) is 40.6 Å². The van der Waals surface area contributed by atoms with Crippen molar-refractivity contribution in [3.05, 3.63) is 112 Å². The molecule has 1 atom stereocenters. The molecule has 41 heavy (non-hydrogen) atoms. The van der Waals surface area contributed by atoms with Crippen molar-refractivity contribution in [1.29, 1.82) is 0 Å². The van der Waals surface area contributed by atoms with Gasteiger partial charge >= 0.3 is 246 Å². The van der Waals surface area contributed by atoms with E-state index in [2.05, 4.69) is 142 Å². The van der Waals surface area contributed by atoms with Gasteiger partial charge in [0.05, 0.1) is 0 Å². The minimum absolute atomic E-state index is 0. The Morgan fingerprint density at radius 3 is 0.976 bits per heavy atom. The van der Waals surface area contributed by atoms with Crippen LogP contribution in [-0.2, 0) is 59.0 Å². The maximum absolute atomic E-state index is 2.62. The number of allylic oxidation sites excluding steroid dienone is 4. The van der Waals surface area contributed by atoms with Gasteiger partial charge in [-0.25, -0.2) is 0 Å². The normalized spacial score (nSPS) is 16.0. The van der Waals surface area contributed by atoms with E-state index in [4.69, 9.17) is 0 Å². The maximum atomic E-state index is 2.59. The van der Waals surface area contributed by atoms with Gasteiger partial charge in [0.1, 0.15) is 0 Å². The first kappa shape index (κ1) is 38.0. The SMILES string of the molecule is CCc1cc(CC)cc([Si](c2cc(CC)cc(CC)c2)(c2cc(CC)cc(CC)c2)[C]2([Ti+3])C=CC=C2C)c1.[Cl-].[Cl-].[Cl-]. The standard InChI is InChI=1S/C36H45Si.3ClH.Ti/c1-8-27-17-28(9-2)21-33(20-27)37(36-16-14-15-26(36)7,34-22-29(10-3)18-30(11-4)23-34)35-24-31(12-5)19-32(13-6)25-35;;;;/h14-25H,8-13H2,1-7H3;3*1H;/q;;;;+3/p-3. The van der Waals surface area contributed by atoms with Crippen molar-refractivity contribution in [3.8, 4) is 0 Å². The molecule has 0 aliphatic heterocycles. The van der Waals surface area contributed by atoms with E-state index in [1.807, 2.05) is 0 Å². The Morgan fingerprint density at radius 2 is 0.780 bits per heavy atom. The van der Waals surface area contributed by atoms with Gasteiger partial charge in [0.25, 0.3) is 0 Å². The number of halogens is 3. The second-order valence-corrected chi connectivity index (χ2v) is 17.0. The zero-order valence-corrected chi connectivity index (χ0v) is 30.6. The summed E-state index contributed by atoms with van der Waals surface area (Å²) in [6.45, 7) is 16.2. The fourth-order valence-electron chi connectivity index (χ4n) is 6.37. The topological polar surface area (TPSA) is 0 Å². The first-order valence-electron chi connectivity index (χ1n) is 14.8. The van der Waals surface area contributed by atoms with Gasteiger partial charge in [-0.05, 0) is 0 Å². The van der Waals surface area contributed by atoms with Crippen molar-refractivity contribution in [2.24, 2.45) is 0 Å². The molecule has 0 aromatic heterocycles. The van der Waals surface area contributed by atoms with Gasteiger partial charge in [-0.2, -0.15) is 0 Å². The molecule has 1 unspecified atom stereocenters. The molecule has 0 amide bonds. The van der Waals surface area contributed by atoms with Crippen LogP contribution in [0, 0.1) is 0 Å². The third-order valence-corrected chi connectivity index (χ3v) is 16.7. The molecule has 3 aromatic rings. The van der Waals surface area contributed by atoms with Gasteiger partial charge in [0.2, 0.25) is 0 Å². The molecule has 0 fully saturated rings. The molecule has 0 saturated heterocycles. The molecule has 0 saturated carbocycles. The number of benzene rings is 3. The molecule has 218 valence electrons. The zero-order chi connectivity index (χ0) is 27.5. The van der Waals surface area contributed by atoms with Crippen molar-refractivity contribution in [1.82, 2.24) is 0 Å². The van der Waals surface area contributed by atoms with Crippen LogP contribution >= 0.6 is 0 Å². The minimum atomic E-state index is -2.62. The number of hydrogen-bond acceptors (Lipinski definition) is 0. The van der Waals surface area contributed by atoms with Gasteiger partial charge in [-0.1, -0.05) is 0 Å². The van der Waals surface area contributed by atoms with E-state index < -0.39 is 8.07 Å². The van der Waals surface area contributed by atoms with Gasteiger partial charge in [-0.15, -0.1) is 0 Å². The van der Waals surface area contributed by atoms with E-state index in [0.29, 0.717) is 0 Å². The van der Waals surface area contributed by atoms with Crippen LogP contribution in [0.5, 0.6) is 0 Å². The third kappa shape index (κ3) is 7.03. The van der Waals surface area contributed by atoms with Gasteiger partial charge in [-0.3, -0.25) is 0 Å². The fraction of sp³-hybridized carbons (Fsp3) is 0.389. The van der Waals surface area contributed by atoms with Crippen LogP contribution in [0.2, 0.25) is 3.34 Å². The quantitative estimate of drug-likeness (QED) is 0.180. The van der Waals surface area contributed by atoms with Crippen LogP contribution < -0.4 is 52.8 Å². The Kier molecular flexibility index (Phi) is 14.9. The molecule has 0 radical (unpaired) electrons. The molecular weight excluding hydrogens is 615 g/mol. The van der Waals surface area contributed by atoms with Crippen molar-refractivity contribution in [3.63, 3.8) is 0 Å². The fourth-order valence-corrected chi connectivity index (χ4v) is 14.5. The molecule has 0 bridgehead atoms. The van der Waals surface area contributed by atoms with Crippen molar-refractivity contribution >= 4 is 23.6 Å². The number of rotatable bonds is 10. The van der Waals surface area contributed by atoms with Crippen molar-refractivity contribution < 1.29 is 57.7 Å². The number of aryl methyl sites for hydroxylation is 6. The van der Waals surface area contributed by atoms with Gasteiger partial charge in [0.15, 0.2) is 0 Å². The van der Waals surface area contributed by atoms with Gasteiger partial charge < -0.3 is 37.2 Å².